The third-order valence-corrected chi connectivity index (χ3v) is 4.92. The number of alkyl halides is 6. The Morgan fingerprint density at radius 2 is 1.59 bits per heavy atom. The van der Waals surface area contributed by atoms with Gasteiger partial charge in [-0.15, -0.1) is 13.2 Å². The first-order valence-electron chi connectivity index (χ1n) is 7.19. The van der Waals surface area contributed by atoms with Crippen molar-refractivity contribution in [2.45, 2.75) is 24.0 Å². The summed E-state index contributed by atoms with van der Waals surface area (Å²) < 4.78 is 104. The number of halogens is 6. The van der Waals surface area contributed by atoms with E-state index in [4.69, 9.17) is 0 Å². The summed E-state index contributed by atoms with van der Waals surface area (Å²) in [7, 11) is -4.66. The first-order chi connectivity index (χ1) is 12.4. The van der Waals surface area contributed by atoms with Gasteiger partial charge in [0, 0.05) is 6.20 Å². The number of pyridine rings is 1. The van der Waals surface area contributed by atoms with E-state index in [9.17, 15) is 34.8 Å². The summed E-state index contributed by atoms with van der Waals surface area (Å²) in [6.45, 7) is -2.45. The molecule has 1 heterocycles. The summed E-state index contributed by atoms with van der Waals surface area (Å²) in [4.78, 5) is 3.18. The maximum absolute atomic E-state index is 12.8. The quantitative estimate of drug-likeness (QED) is 0.676. The van der Waals surface area contributed by atoms with Gasteiger partial charge in [0.25, 0.3) is 0 Å². The van der Waals surface area contributed by atoms with Gasteiger partial charge in [0.1, 0.15) is 12.3 Å². The lowest BCUT2D eigenvalue weighted by Crippen LogP contribution is -2.38. The van der Waals surface area contributed by atoms with Crippen LogP contribution in [-0.4, -0.2) is 36.8 Å². The Labute approximate surface area is 150 Å². The van der Waals surface area contributed by atoms with Crippen LogP contribution < -0.4 is 4.74 Å². The summed E-state index contributed by atoms with van der Waals surface area (Å²) in [5, 5.41) is 0. The van der Waals surface area contributed by atoms with Crippen molar-refractivity contribution in [1.29, 1.82) is 0 Å². The summed E-state index contributed by atoms with van der Waals surface area (Å²) in [5.41, 5.74) is 0.0716. The largest absolute Gasteiger partial charge is 0.573 e. The molecule has 12 heteroatoms. The molecular formula is C15H12F6N2O3S. The third-order valence-electron chi connectivity index (χ3n) is 3.12. The van der Waals surface area contributed by atoms with Crippen LogP contribution in [0, 0.1) is 0 Å². The molecule has 0 bridgehead atoms. The molecule has 2 rings (SSSR count). The Kier molecular flexibility index (Phi) is 6.00. The second kappa shape index (κ2) is 7.72. The van der Waals surface area contributed by atoms with Crippen LogP contribution >= 0.6 is 0 Å². The van der Waals surface area contributed by atoms with Crippen molar-refractivity contribution in [3.05, 3.63) is 54.4 Å². The molecule has 0 amide bonds. The minimum atomic E-state index is -4.98. The second-order valence-corrected chi connectivity index (χ2v) is 7.17. The number of benzene rings is 1. The Bertz CT molecular complexity index is 852. The van der Waals surface area contributed by atoms with Crippen LogP contribution in [-0.2, 0) is 16.6 Å². The van der Waals surface area contributed by atoms with Crippen LogP contribution in [0.25, 0.3) is 0 Å². The number of nitrogens with zero attached hydrogens (tertiary/aromatic N) is 2. The predicted octanol–water partition coefficient (Wildman–Crippen LogP) is 3.73. The van der Waals surface area contributed by atoms with Gasteiger partial charge in [-0.05, 0) is 36.4 Å². The lowest BCUT2D eigenvalue weighted by atomic mass is 10.3. The SMILES string of the molecule is O=S(=O)(c1ccc(OC(F)(F)F)cc1)N(Cc1ccccn1)CC(F)(F)F. The molecule has 5 nitrogen and oxygen atoms in total. The van der Waals surface area contributed by atoms with Gasteiger partial charge in [-0.2, -0.15) is 17.5 Å². The van der Waals surface area contributed by atoms with E-state index in [0.717, 1.165) is 12.1 Å². The van der Waals surface area contributed by atoms with Gasteiger partial charge < -0.3 is 4.74 Å². The molecule has 0 spiro atoms. The molecular weight excluding hydrogens is 402 g/mol. The fraction of sp³-hybridized carbons (Fsp3) is 0.267. The third kappa shape index (κ3) is 6.40. The van der Waals surface area contributed by atoms with Crippen LogP contribution in [0.5, 0.6) is 5.75 Å². The van der Waals surface area contributed by atoms with Gasteiger partial charge >= 0.3 is 12.5 Å². The van der Waals surface area contributed by atoms with E-state index in [0.29, 0.717) is 12.1 Å². The normalized spacial score (nSPS) is 13.0. The topological polar surface area (TPSA) is 59.5 Å². The Morgan fingerprint density at radius 3 is 2.07 bits per heavy atom. The highest BCUT2D eigenvalue weighted by Gasteiger charge is 2.37. The molecule has 1 aromatic heterocycles. The van der Waals surface area contributed by atoms with Crippen LogP contribution in [0.15, 0.2) is 53.6 Å². The number of rotatable bonds is 6. The summed E-state index contributed by atoms with van der Waals surface area (Å²) in [6.07, 6.45) is -8.53. The maximum atomic E-state index is 12.8. The zero-order valence-corrected chi connectivity index (χ0v) is 14.1. The summed E-state index contributed by atoms with van der Waals surface area (Å²) in [5.74, 6) is -0.700. The van der Waals surface area contributed by atoms with Gasteiger partial charge in [0.15, 0.2) is 0 Å². The van der Waals surface area contributed by atoms with Crippen molar-refractivity contribution in [3.63, 3.8) is 0 Å². The van der Waals surface area contributed by atoms with Gasteiger partial charge in [0.2, 0.25) is 10.0 Å². The number of hydrogen-bond donors (Lipinski definition) is 0. The number of aromatic nitrogens is 1. The molecule has 0 aliphatic carbocycles. The first kappa shape index (κ1) is 21.0. The highest BCUT2D eigenvalue weighted by molar-refractivity contribution is 7.89. The van der Waals surface area contributed by atoms with E-state index in [2.05, 4.69) is 9.72 Å². The van der Waals surface area contributed by atoms with Gasteiger partial charge in [-0.25, -0.2) is 8.42 Å². The molecule has 148 valence electrons. The maximum Gasteiger partial charge on any atom is 0.573 e. The predicted molar refractivity (Wildman–Crippen MR) is 81.0 cm³/mol. The molecule has 0 radical (unpaired) electrons. The van der Waals surface area contributed by atoms with E-state index in [-0.39, 0.29) is 10.00 Å². The number of hydrogen-bond acceptors (Lipinski definition) is 4. The van der Waals surface area contributed by atoms with E-state index < -0.39 is 46.3 Å². The summed E-state index contributed by atoms with van der Waals surface area (Å²) in [6, 6.07) is 7.20. The van der Waals surface area contributed by atoms with Gasteiger partial charge in [0.05, 0.1) is 17.1 Å². The second-order valence-electron chi connectivity index (χ2n) is 5.23. The van der Waals surface area contributed by atoms with Crippen molar-refractivity contribution >= 4 is 10.0 Å². The molecule has 0 aliphatic rings. The highest BCUT2D eigenvalue weighted by Crippen LogP contribution is 2.27. The zero-order chi connectivity index (χ0) is 20.3. The fourth-order valence-corrected chi connectivity index (χ4v) is 3.46. The molecule has 0 saturated carbocycles. The number of ether oxygens (including phenoxy) is 1. The zero-order valence-electron chi connectivity index (χ0n) is 13.3. The molecule has 0 unspecified atom stereocenters. The average molecular weight is 414 g/mol. The van der Waals surface area contributed by atoms with Crippen molar-refractivity contribution < 1.29 is 39.5 Å². The van der Waals surface area contributed by atoms with Crippen LogP contribution in [0.2, 0.25) is 0 Å². The molecule has 0 atom stereocenters. The van der Waals surface area contributed by atoms with Gasteiger partial charge in [-0.1, -0.05) is 6.07 Å². The monoisotopic (exact) mass is 414 g/mol. The molecule has 27 heavy (non-hydrogen) atoms. The Hall–Kier alpha value is -2.34. The van der Waals surface area contributed by atoms with Crippen LogP contribution in [0.1, 0.15) is 5.69 Å². The Balaban J connectivity index is 2.32. The smallest absolute Gasteiger partial charge is 0.406 e. The minimum Gasteiger partial charge on any atom is -0.406 e. The standard InChI is InChI=1S/C15H12F6N2O3S/c16-14(17,18)10-23(9-11-3-1-2-8-22-11)27(24,25)13-6-4-12(5-7-13)26-15(19,20)21/h1-8H,9-10H2. The van der Waals surface area contributed by atoms with E-state index in [1.165, 1.54) is 24.4 Å². The van der Waals surface area contributed by atoms with E-state index >= 15 is 0 Å². The van der Waals surface area contributed by atoms with Gasteiger partial charge in [-0.3, -0.25) is 4.98 Å². The highest BCUT2D eigenvalue weighted by atomic mass is 32.2. The van der Waals surface area contributed by atoms with Crippen molar-refractivity contribution in [3.8, 4) is 5.75 Å². The van der Waals surface area contributed by atoms with Crippen molar-refractivity contribution in [2.24, 2.45) is 0 Å². The van der Waals surface area contributed by atoms with E-state index in [1.807, 2.05) is 0 Å². The lowest BCUT2D eigenvalue weighted by Gasteiger charge is -2.23. The van der Waals surface area contributed by atoms with Crippen molar-refractivity contribution in [1.82, 2.24) is 9.29 Å². The lowest BCUT2D eigenvalue weighted by molar-refractivity contribution is -0.274. The Morgan fingerprint density at radius 1 is 0.963 bits per heavy atom. The fourth-order valence-electron chi connectivity index (χ4n) is 2.06. The molecule has 0 aliphatic heterocycles. The molecule has 0 N–H and O–H groups in total. The van der Waals surface area contributed by atoms with Crippen molar-refractivity contribution in [2.75, 3.05) is 6.54 Å². The van der Waals surface area contributed by atoms with Crippen LogP contribution in [0.4, 0.5) is 26.3 Å². The number of sulfonamides is 1. The molecule has 1 aromatic carbocycles. The molecule has 0 fully saturated rings. The molecule has 0 saturated heterocycles. The summed E-state index contributed by atoms with van der Waals surface area (Å²) >= 11 is 0. The molecule has 2 aromatic rings. The minimum absolute atomic E-state index is 0.0716. The average Bonchev–Trinajstić information content (AvgIpc) is 2.53. The van der Waals surface area contributed by atoms with Crippen LogP contribution in [0.3, 0.4) is 0 Å². The van der Waals surface area contributed by atoms with E-state index in [1.54, 1.807) is 0 Å². The first-order valence-corrected chi connectivity index (χ1v) is 8.63.